The molecule has 0 bridgehead atoms. The average Bonchev–Trinajstić information content (AvgIpc) is 1.83. The molecule has 0 atom stereocenters. The minimum absolute atomic E-state index is 0.0764. The first kappa shape index (κ1) is 7.91. The maximum atomic E-state index is 10.3. The van der Waals surface area contributed by atoms with E-state index in [1.54, 1.807) is 0 Å². The van der Waals surface area contributed by atoms with Gasteiger partial charge in [0, 0.05) is 11.9 Å². The molecule has 0 aliphatic heterocycles. The molecule has 4 heteroatoms. The van der Waals surface area contributed by atoms with Crippen LogP contribution in [0, 0.1) is 0 Å². The van der Waals surface area contributed by atoms with Crippen molar-refractivity contribution in [1.82, 2.24) is 5.32 Å². The zero-order chi connectivity index (χ0) is 6.41. The Morgan fingerprint density at radius 2 is 2.38 bits per heavy atom. The van der Waals surface area contributed by atoms with Crippen molar-refractivity contribution in [3.63, 3.8) is 0 Å². The smallest absolute Gasteiger partial charge is 0.233 e. The van der Waals surface area contributed by atoms with Crippen molar-refractivity contribution in [1.29, 1.82) is 0 Å². The summed E-state index contributed by atoms with van der Waals surface area (Å²) >= 11 is 3.15. The van der Waals surface area contributed by atoms with Crippen LogP contribution in [0.5, 0.6) is 0 Å². The van der Waals surface area contributed by atoms with Crippen LogP contribution >= 0.6 is 15.9 Å². The Balaban J connectivity index is 2.99. The summed E-state index contributed by atoms with van der Waals surface area (Å²) in [5, 5.41) is 3.35. The first-order valence-electron chi connectivity index (χ1n) is 2.34. The van der Waals surface area contributed by atoms with Gasteiger partial charge < -0.3 is 11.1 Å². The van der Waals surface area contributed by atoms with Crippen LogP contribution in [0.2, 0.25) is 0 Å². The number of hydrogen-bond acceptors (Lipinski definition) is 2. The predicted molar refractivity (Wildman–Crippen MR) is 35.9 cm³/mol. The number of halogens is 1. The molecule has 0 fully saturated rings. The van der Waals surface area contributed by atoms with Crippen LogP contribution < -0.4 is 11.1 Å². The molecule has 0 aliphatic rings. The number of hydrogen-bond donors (Lipinski definition) is 2. The largest absolute Gasteiger partial charge is 0.354 e. The summed E-state index contributed by atoms with van der Waals surface area (Å²) in [6.07, 6.45) is 0. The van der Waals surface area contributed by atoms with E-state index >= 15 is 0 Å². The molecule has 3 N–H and O–H groups in total. The molecule has 0 rings (SSSR count). The second kappa shape index (κ2) is 5.05. The fourth-order valence-electron chi connectivity index (χ4n) is 0.259. The highest BCUT2D eigenvalue weighted by molar-refractivity contribution is 9.09. The van der Waals surface area contributed by atoms with E-state index < -0.39 is 0 Å². The SMILES string of the molecule is NCC(=O)NCCBr. The Kier molecular flexibility index (Phi) is 5.00. The molecule has 0 saturated carbocycles. The number of carbonyl (C=O) groups excluding carboxylic acids is 1. The van der Waals surface area contributed by atoms with E-state index in [1.807, 2.05) is 0 Å². The Labute approximate surface area is 56.8 Å². The summed E-state index contributed by atoms with van der Waals surface area (Å²) in [6.45, 7) is 0.725. The van der Waals surface area contributed by atoms with E-state index in [2.05, 4.69) is 21.2 Å². The monoisotopic (exact) mass is 180 g/mol. The molecule has 1 amide bonds. The van der Waals surface area contributed by atoms with Crippen molar-refractivity contribution in [2.45, 2.75) is 0 Å². The first-order chi connectivity index (χ1) is 3.81. The number of rotatable bonds is 3. The van der Waals surface area contributed by atoms with Crippen molar-refractivity contribution < 1.29 is 4.79 Å². The van der Waals surface area contributed by atoms with Crippen LogP contribution in [-0.4, -0.2) is 24.3 Å². The van der Waals surface area contributed by atoms with Crippen LogP contribution in [0.25, 0.3) is 0 Å². The van der Waals surface area contributed by atoms with Crippen molar-refractivity contribution in [2.24, 2.45) is 5.73 Å². The van der Waals surface area contributed by atoms with Gasteiger partial charge >= 0.3 is 0 Å². The summed E-state index contributed by atoms with van der Waals surface area (Å²) in [5.41, 5.74) is 4.99. The highest BCUT2D eigenvalue weighted by Crippen LogP contribution is 1.73. The maximum Gasteiger partial charge on any atom is 0.233 e. The second-order valence-electron chi connectivity index (χ2n) is 1.24. The van der Waals surface area contributed by atoms with Gasteiger partial charge in [-0.05, 0) is 0 Å². The van der Waals surface area contributed by atoms with Crippen LogP contribution in [0.1, 0.15) is 0 Å². The number of amides is 1. The van der Waals surface area contributed by atoms with Gasteiger partial charge in [-0.3, -0.25) is 4.79 Å². The first-order valence-corrected chi connectivity index (χ1v) is 3.46. The van der Waals surface area contributed by atoms with Crippen LogP contribution in [0.3, 0.4) is 0 Å². The summed E-state index contributed by atoms with van der Waals surface area (Å²) in [6, 6.07) is 0. The molecular formula is C4H9BrN2O. The van der Waals surface area contributed by atoms with Gasteiger partial charge in [-0.25, -0.2) is 0 Å². The minimum Gasteiger partial charge on any atom is -0.354 e. The lowest BCUT2D eigenvalue weighted by molar-refractivity contribution is -0.119. The third-order valence-corrected chi connectivity index (χ3v) is 0.999. The molecule has 8 heavy (non-hydrogen) atoms. The average molecular weight is 181 g/mol. The Morgan fingerprint density at radius 3 is 2.75 bits per heavy atom. The molecule has 3 nitrogen and oxygen atoms in total. The quantitative estimate of drug-likeness (QED) is 0.574. The summed E-state index contributed by atoms with van der Waals surface area (Å²) in [5.74, 6) is -0.107. The van der Waals surface area contributed by atoms with E-state index in [-0.39, 0.29) is 12.5 Å². The highest BCUT2D eigenvalue weighted by Gasteiger charge is 1.91. The van der Waals surface area contributed by atoms with E-state index in [4.69, 9.17) is 5.73 Å². The molecule has 0 radical (unpaired) electrons. The van der Waals surface area contributed by atoms with Gasteiger partial charge in [0.05, 0.1) is 6.54 Å². The zero-order valence-corrected chi connectivity index (χ0v) is 6.07. The van der Waals surface area contributed by atoms with Gasteiger partial charge in [0.1, 0.15) is 0 Å². The third kappa shape index (κ3) is 4.08. The van der Waals surface area contributed by atoms with Gasteiger partial charge in [-0.2, -0.15) is 0 Å². The zero-order valence-electron chi connectivity index (χ0n) is 4.48. The van der Waals surface area contributed by atoms with Crippen molar-refractivity contribution in [3.8, 4) is 0 Å². The number of carbonyl (C=O) groups is 1. The van der Waals surface area contributed by atoms with Gasteiger partial charge in [-0.15, -0.1) is 0 Å². The molecule has 0 aromatic heterocycles. The number of nitrogens with one attached hydrogen (secondary N) is 1. The highest BCUT2D eigenvalue weighted by atomic mass is 79.9. The van der Waals surface area contributed by atoms with Gasteiger partial charge in [0.25, 0.3) is 0 Å². The molecule has 0 spiro atoms. The van der Waals surface area contributed by atoms with Crippen molar-refractivity contribution >= 4 is 21.8 Å². The molecular weight excluding hydrogens is 172 g/mol. The van der Waals surface area contributed by atoms with Crippen LogP contribution in [0.15, 0.2) is 0 Å². The lowest BCUT2D eigenvalue weighted by atomic mass is 10.6. The summed E-state index contributed by atoms with van der Waals surface area (Å²) < 4.78 is 0. The van der Waals surface area contributed by atoms with Crippen molar-refractivity contribution in [2.75, 3.05) is 18.4 Å². The molecule has 0 aromatic carbocycles. The second-order valence-corrected chi connectivity index (χ2v) is 2.04. The summed E-state index contributed by atoms with van der Waals surface area (Å²) in [4.78, 5) is 10.3. The number of nitrogens with two attached hydrogens (primary N) is 1. The Hall–Kier alpha value is -0.0900. The van der Waals surface area contributed by atoms with E-state index in [0.29, 0.717) is 6.54 Å². The lowest BCUT2D eigenvalue weighted by Crippen LogP contribution is -2.31. The number of alkyl halides is 1. The van der Waals surface area contributed by atoms with Crippen molar-refractivity contribution in [3.05, 3.63) is 0 Å². The minimum atomic E-state index is -0.107. The van der Waals surface area contributed by atoms with Gasteiger partial charge in [-0.1, -0.05) is 15.9 Å². The molecule has 0 aromatic rings. The topological polar surface area (TPSA) is 55.1 Å². The standard InChI is InChI=1S/C4H9BrN2O/c5-1-2-7-4(8)3-6/h1-3,6H2,(H,7,8). The predicted octanol–water partition coefficient (Wildman–Crippen LogP) is -0.544. The maximum absolute atomic E-state index is 10.3. The fourth-order valence-corrected chi connectivity index (χ4v) is 0.457. The van der Waals surface area contributed by atoms with Crippen LogP contribution in [-0.2, 0) is 4.79 Å². The Morgan fingerprint density at radius 1 is 1.75 bits per heavy atom. The third-order valence-electron chi connectivity index (χ3n) is 0.602. The molecule has 0 saturated heterocycles. The van der Waals surface area contributed by atoms with Gasteiger partial charge in [0.2, 0.25) is 5.91 Å². The van der Waals surface area contributed by atoms with E-state index in [9.17, 15) is 4.79 Å². The normalized spacial score (nSPS) is 8.75. The molecule has 0 aliphatic carbocycles. The molecule has 48 valence electrons. The van der Waals surface area contributed by atoms with Gasteiger partial charge in [0.15, 0.2) is 0 Å². The lowest BCUT2D eigenvalue weighted by Gasteiger charge is -1.96. The Bertz CT molecular complexity index is 76.4. The van der Waals surface area contributed by atoms with E-state index in [1.165, 1.54) is 0 Å². The van der Waals surface area contributed by atoms with E-state index in [0.717, 1.165) is 5.33 Å². The molecule has 0 unspecified atom stereocenters. The molecule has 0 heterocycles. The fraction of sp³-hybridized carbons (Fsp3) is 0.750. The summed E-state index contributed by atoms with van der Waals surface area (Å²) in [7, 11) is 0. The van der Waals surface area contributed by atoms with Crippen LogP contribution in [0.4, 0.5) is 0 Å².